The number of ether oxygens (including phenoxy) is 3. The molecule has 4 amide bonds. The lowest BCUT2D eigenvalue weighted by Crippen LogP contribution is -2.39. The predicted molar refractivity (Wildman–Crippen MR) is 153 cm³/mol. The summed E-state index contributed by atoms with van der Waals surface area (Å²) in [4.78, 5) is 54.7. The molecule has 3 aromatic rings. The molecule has 0 unspecified atom stereocenters. The minimum Gasteiger partial charge on any atom is -0.493 e. The molecule has 0 bridgehead atoms. The highest BCUT2D eigenvalue weighted by Crippen LogP contribution is 2.30. The molecular formula is C31H33N3O7. The van der Waals surface area contributed by atoms with E-state index in [9.17, 15) is 19.2 Å². The SMILES string of the molecule is CCOC(=O)c1ccc(NC(=O)C[C@H]2C(=O)N(c3ccc(C)cc3)C(=O)N2CCc2ccc(OC)c(OC)c2)cc1. The van der Waals surface area contributed by atoms with Gasteiger partial charge in [-0.05, 0) is 74.4 Å². The van der Waals surface area contributed by atoms with E-state index in [0.717, 1.165) is 16.0 Å². The van der Waals surface area contributed by atoms with Crippen LogP contribution in [0.15, 0.2) is 66.7 Å². The number of aryl methyl sites for hydroxylation is 1. The zero-order valence-corrected chi connectivity index (χ0v) is 23.5. The van der Waals surface area contributed by atoms with Crippen molar-refractivity contribution < 1.29 is 33.4 Å². The summed E-state index contributed by atoms with van der Waals surface area (Å²) >= 11 is 0. The van der Waals surface area contributed by atoms with Crippen LogP contribution < -0.4 is 19.7 Å². The number of esters is 1. The van der Waals surface area contributed by atoms with Crippen molar-refractivity contribution in [3.05, 3.63) is 83.4 Å². The monoisotopic (exact) mass is 559 g/mol. The number of carbonyl (C=O) groups excluding carboxylic acids is 4. The maximum atomic E-state index is 13.6. The average Bonchev–Trinajstić information content (AvgIpc) is 3.20. The summed E-state index contributed by atoms with van der Waals surface area (Å²) in [5.74, 6) is -0.235. The van der Waals surface area contributed by atoms with E-state index < -0.39 is 29.9 Å². The van der Waals surface area contributed by atoms with Crippen molar-refractivity contribution in [2.45, 2.75) is 32.7 Å². The Balaban J connectivity index is 1.53. The Kier molecular flexibility index (Phi) is 9.23. The number of nitrogens with zero attached hydrogens (tertiary/aromatic N) is 2. The van der Waals surface area contributed by atoms with E-state index >= 15 is 0 Å². The van der Waals surface area contributed by atoms with Gasteiger partial charge in [0, 0.05) is 12.2 Å². The van der Waals surface area contributed by atoms with E-state index in [-0.39, 0.29) is 19.6 Å². The third kappa shape index (κ3) is 6.66. The summed E-state index contributed by atoms with van der Waals surface area (Å²) < 4.78 is 15.7. The number of hydrogen-bond donors (Lipinski definition) is 1. The number of imide groups is 1. The molecule has 0 aromatic heterocycles. The molecule has 1 N–H and O–H groups in total. The van der Waals surface area contributed by atoms with E-state index in [1.807, 2.05) is 31.2 Å². The number of hydrogen-bond acceptors (Lipinski definition) is 7. The Morgan fingerprint density at radius 3 is 2.22 bits per heavy atom. The van der Waals surface area contributed by atoms with Crippen LogP contribution in [0.5, 0.6) is 11.5 Å². The van der Waals surface area contributed by atoms with Crippen LogP contribution in [0.4, 0.5) is 16.2 Å². The molecule has 4 rings (SSSR count). The molecule has 10 nitrogen and oxygen atoms in total. The van der Waals surface area contributed by atoms with Crippen LogP contribution in [-0.4, -0.2) is 62.1 Å². The zero-order chi connectivity index (χ0) is 29.5. The number of nitrogens with one attached hydrogen (secondary N) is 1. The van der Waals surface area contributed by atoms with Crippen molar-refractivity contribution in [1.82, 2.24) is 4.90 Å². The molecule has 1 fully saturated rings. The summed E-state index contributed by atoms with van der Waals surface area (Å²) in [5.41, 5.74) is 3.12. The summed E-state index contributed by atoms with van der Waals surface area (Å²) in [6, 6.07) is 17.3. The maximum absolute atomic E-state index is 13.6. The fourth-order valence-electron chi connectivity index (χ4n) is 4.60. The van der Waals surface area contributed by atoms with E-state index in [0.29, 0.717) is 34.9 Å². The molecule has 41 heavy (non-hydrogen) atoms. The smallest absolute Gasteiger partial charge is 0.338 e. The van der Waals surface area contributed by atoms with Crippen molar-refractivity contribution in [3.63, 3.8) is 0 Å². The van der Waals surface area contributed by atoms with Crippen LogP contribution in [0.2, 0.25) is 0 Å². The van der Waals surface area contributed by atoms with Gasteiger partial charge in [-0.3, -0.25) is 9.59 Å². The van der Waals surface area contributed by atoms with Crippen molar-refractivity contribution >= 4 is 35.2 Å². The van der Waals surface area contributed by atoms with Gasteiger partial charge in [-0.15, -0.1) is 0 Å². The molecule has 0 spiro atoms. The van der Waals surface area contributed by atoms with Gasteiger partial charge in [0.05, 0.1) is 38.5 Å². The van der Waals surface area contributed by atoms with Crippen LogP contribution >= 0.6 is 0 Å². The highest BCUT2D eigenvalue weighted by molar-refractivity contribution is 6.22. The Hall–Kier alpha value is -4.86. The lowest BCUT2D eigenvalue weighted by atomic mass is 10.1. The average molecular weight is 560 g/mol. The van der Waals surface area contributed by atoms with E-state index in [4.69, 9.17) is 14.2 Å². The summed E-state index contributed by atoms with van der Waals surface area (Å²) in [6.45, 7) is 4.10. The van der Waals surface area contributed by atoms with Crippen LogP contribution in [0.25, 0.3) is 0 Å². The second-order valence-corrected chi connectivity index (χ2v) is 9.49. The molecular weight excluding hydrogens is 526 g/mol. The molecule has 0 aliphatic carbocycles. The number of urea groups is 1. The van der Waals surface area contributed by atoms with Gasteiger partial charge < -0.3 is 24.4 Å². The molecule has 0 radical (unpaired) electrons. The number of rotatable bonds is 11. The molecule has 214 valence electrons. The van der Waals surface area contributed by atoms with E-state index in [1.165, 1.54) is 4.90 Å². The molecule has 1 aliphatic rings. The normalized spacial score (nSPS) is 14.7. The van der Waals surface area contributed by atoms with Gasteiger partial charge in [-0.1, -0.05) is 23.8 Å². The quantitative estimate of drug-likeness (QED) is 0.270. The first-order chi connectivity index (χ1) is 19.7. The highest BCUT2D eigenvalue weighted by Gasteiger charge is 2.46. The molecule has 1 atom stereocenters. The lowest BCUT2D eigenvalue weighted by molar-refractivity contribution is -0.124. The first-order valence-electron chi connectivity index (χ1n) is 13.2. The van der Waals surface area contributed by atoms with Crippen molar-refractivity contribution in [2.75, 3.05) is 37.6 Å². The van der Waals surface area contributed by atoms with Crippen molar-refractivity contribution in [1.29, 1.82) is 0 Å². The van der Waals surface area contributed by atoms with Gasteiger partial charge in [0.15, 0.2) is 11.5 Å². The number of carbonyl (C=O) groups is 4. The second-order valence-electron chi connectivity index (χ2n) is 9.49. The van der Waals surface area contributed by atoms with Gasteiger partial charge in [0.1, 0.15) is 6.04 Å². The lowest BCUT2D eigenvalue weighted by Gasteiger charge is -2.22. The fourth-order valence-corrected chi connectivity index (χ4v) is 4.60. The first kappa shape index (κ1) is 29.1. The fraction of sp³-hybridized carbons (Fsp3) is 0.290. The zero-order valence-electron chi connectivity index (χ0n) is 23.5. The maximum Gasteiger partial charge on any atom is 0.338 e. The van der Waals surface area contributed by atoms with Gasteiger partial charge in [0.2, 0.25) is 5.91 Å². The third-order valence-electron chi connectivity index (χ3n) is 6.76. The van der Waals surface area contributed by atoms with Gasteiger partial charge >= 0.3 is 12.0 Å². The minimum absolute atomic E-state index is 0.203. The Morgan fingerprint density at radius 2 is 1.59 bits per heavy atom. The van der Waals surface area contributed by atoms with Crippen LogP contribution in [0, 0.1) is 6.92 Å². The summed E-state index contributed by atoms with van der Waals surface area (Å²) in [5, 5.41) is 2.76. The largest absolute Gasteiger partial charge is 0.493 e. The van der Waals surface area contributed by atoms with Crippen LogP contribution in [0.3, 0.4) is 0 Å². The molecule has 0 saturated carbocycles. The highest BCUT2D eigenvalue weighted by atomic mass is 16.5. The predicted octanol–water partition coefficient (Wildman–Crippen LogP) is 4.60. The van der Waals surface area contributed by atoms with Crippen LogP contribution in [-0.2, 0) is 20.7 Å². The van der Waals surface area contributed by atoms with Gasteiger partial charge in [-0.25, -0.2) is 14.5 Å². The second kappa shape index (κ2) is 13.0. The molecule has 1 heterocycles. The molecule has 1 saturated heterocycles. The first-order valence-corrected chi connectivity index (χ1v) is 13.2. The van der Waals surface area contributed by atoms with Gasteiger partial charge in [-0.2, -0.15) is 0 Å². The number of benzene rings is 3. The third-order valence-corrected chi connectivity index (χ3v) is 6.76. The minimum atomic E-state index is -0.997. The molecule has 10 heteroatoms. The van der Waals surface area contributed by atoms with E-state index in [2.05, 4.69) is 5.32 Å². The van der Waals surface area contributed by atoms with Crippen molar-refractivity contribution in [2.24, 2.45) is 0 Å². The number of methoxy groups -OCH3 is 2. The Labute approximate surface area is 238 Å². The van der Waals surface area contributed by atoms with Gasteiger partial charge in [0.25, 0.3) is 5.91 Å². The van der Waals surface area contributed by atoms with E-state index in [1.54, 1.807) is 63.6 Å². The Bertz CT molecular complexity index is 1420. The Morgan fingerprint density at radius 1 is 0.902 bits per heavy atom. The molecule has 3 aromatic carbocycles. The number of anilines is 2. The standard InChI is InChI=1S/C31H33N3O7/c1-5-41-30(37)22-9-11-23(12-10-22)32-28(35)19-25-29(36)34(24-13-6-20(2)7-14-24)31(38)33(25)17-16-21-8-15-26(39-3)27(18-21)40-4/h6-15,18,25H,5,16-17,19H2,1-4H3,(H,32,35)/t25-/m0/s1. The molecule has 1 aliphatic heterocycles. The topological polar surface area (TPSA) is 114 Å². The summed E-state index contributed by atoms with van der Waals surface area (Å²) in [7, 11) is 3.10. The van der Waals surface area contributed by atoms with Crippen LogP contribution in [0.1, 0.15) is 34.8 Å². The number of amides is 4. The summed E-state index contributed by atoms with van der Waals surface area (Å²) in [6.07, 6.45) is 0.188. The van der Waals surface area contributed by atoms with Crippen molar-refractivity contribution in [3.8, 4) is 11.5 Å².